The average Bonchev–Trinajstić information content (AvgIpc) is 3.69. The number of para-hydroxylation sites is 1. The van der Waals surface area contributed by atoms with Crippen LogP contribution in [0.25, 0.3) is 15.8 Å². The third-order valence-electron chi connectivity index (χ3n) is 11.2. The number of aromatic nitrogens is 2. The maximum absolute atomic E-state index is 13.6. The summed E-state index contributed by atoms with van der Waals surface area (Å²) in [5.74, 6) is -0.870. The number of thiazole rings is 1. The molecular formula is C45H59N7O4S. The van der Waals surface area contributed by atoms with Gasteiger partial charge in [-0.25, -0.2) is 14.8 Å². The second-order valence-corrected chi connectivity index (χ2v) is 18.6. The number of benzene rings is 2. The van der Waals surface area contributed by atoms with E-state index in [-0.39, 0.29) is 34.0 Å². The number of allylic oxidation sites excluding steroid dienone is 1. The van der Waals surface area contributed by atoms with Gasteiger partial charge in [0.1, 0.15) is 5.82 Å². The number of carboxylic acid groups (broad SMARTS) is 1. The molecule has 57 heavy (non-hydrogen) atoms. The Hall–Kier alpha value is -4.65. The largest absolute Gasteiger partial charge is 0.476 e. The number of amides is 1. The van der Waals surface area contributed by atoms with Gasteiger partial charge in [-0.1, -0.05) is 77.1 Å². The van der Waals surface area contributed by atoms with Gasteiger partial charge in [-0.3, -0.25) is 15.1 Å². The lowest BCUT2D eigenvalue weighted by Crippen LogP contribution is -2.35. The first-order valence-electron chi connectivity index (χ1n) is 20.1. The van der Waals surface area contributed by atoms with Crippen molar-refractivity contribution in [3.05, 3.63) is 88.7 Å². The molecule has 12 heteroatoms. The van der Waals surface area contributed by atoms with Crippen LogP contribution in [0, 0.1) is 16.2 Å². The minimum atomic E-state index is -1.15. The van der Waals surface area contributed by atoms with E-state index < -0.39 is 5.97 Å². The Bertz CT molecular complexity index is 2120. The van der Waals surface area contributed by atoms with Crippen LogP contribution in [0.15, 0.2) is 65.8 Å². The van der Waals surface area contributed by atoms with Gasteiger partial charge in [-0.05, 0) is 103 Å². The molecule has 3 atom stereocenters. The summed E-state index contributed by atoms with van der Waals surface area (Å²) < 4.78 is 7.58. The van der Waals surface area contributed by atoms with Crippen LogP contribution in [0.3, 0.4) is 0 Å². The number of rotatable bonds is 15. The van der Waals surface area contributed by atoms with Crippen molar-refractivity contribution in [2.75, 3.05) is 43.0 Å². The number of hydrogen-bond donors (Lipinski definition) is 4. The van der Waals surface area contributed by atoms with Crippen molar-refractivity contribution >= 4 is 55.7 Å². The number of ether oxygens (including phenoxy) is 1. The van der Waals surface area contributed by atoms with Gasteiger partial charge >= 0.3 is 5.97 Å². The molecule has 3 heterocycles. The van der Waals surface area contributed by atoms with E-state index >= 15 is 0 Å². The number of aliphatic imine (C=N–C) groups is 1. The predicted molar refractivity (Wildman–Crippen MR) is 233 cm³/mol. The van der Waals surface area contributed by atoms with Crippen LogP contribution in [0.4, 0.5) is 10.9 Å². The van der Waals surface area contributed by atoms with E-state index in [9.17, 15) is 14.7 Å². The molecule has 4 aromatic rings. The number of nitrogens with two attached hydrogens (primary N) is 1. The molecule has 1 amide bonds. The Morgan fingerprint density at radius 1 is 1.09 bits per heavy atom. The summed E-state index contributed by atoms with van der Waals surface area (Å²) in [6.45, 7) is 19.7. The number of fused-ring (bicyclic) bond motifs is 2. The Morgan fingerprint density at radius 3 is 2.60 bits per heavy atom. The SMILES string of the molecule is CCCNCCOC1CC(C)(CN=C(C)C(=CN)c2ccc(N3CCc4cccc(C(=O)Nc5nc6ccccc6s5)c4C3)nc2C(=O)O)CC1(C)CC(C)(C)C. The minimum absolute atomic E-state index is 0.000114. The first-order valence-corrected chi connectivity index (χ1v) is 21.0. The van der Waals surface area contributed by atoms with Gasteiger partial charge in [0.05, 0.1) is 22.9 Å². The first kappa shape index (κ1) is 42.0. The van der Waals surface area contributed by atoms with Gasteiger partial charge in [-0.2, -0.15) is 0 Å². The van der Waals surface area contributed by atoms with Crippen molar-refractivity contribution in [3.8, 4) is 0 Å². The third-order valence-corrected chi connectivity index (χ3v) is 12.2. The van der Waals surface area contributed by atoms with Crippen LogP contribution in [0.1, 0.15) is 112 Å². The molecule has 0 saturated heterocycles. The quantitative estimate of drug-likeness (QED) is 0.0684. The fourth-order valence-electron chi connectivity index (χ4n) is 9.08. The zero-order valence-electron chi connectivity index (χ0n) is 34.6. The monoisotopic (exact) mass is 793 g/mol. The molecule has 0 bridgehead atoms. The highest BCUT2D eigenvalue weighted by atomic mass is 32.1. The number of hydrogen-bond acceptors (Lipinski definition) is 10. The maximum atomic E-state index is 13.6. The fraction of sp³-hybridized carbons (Fsp3) is 0.489. The normalized spacial score (nSPS) is 21.5. The van der Waals surface area contributed by atoms with Gasteiger partial charge in [0.15, 0.2) is 10.8 Å². The molecular weight excluding hydrogens is 735 g/mol. The molecule has 2 aliphatic rings. The van der Waals surface area contributed by atoms with E-state index in [0.29, 0.717) is 66.0 Å². The third kappa shape index (κ3) is 9.91. The molecule has 6 rings (SSSR count). The van der Waals surface area contributed by atoms with Crippen LogP contribution in [0.2, 0.25) is 0 Å². The fourth-order valence-corrected chi connectivity index (χ4v) is 9.94. The summed E-state index contributed by atoms with van der Waals surface area (Å²) in [5.41, 5.74) is 11.2. The van der Waals surface area contributed by atoms with Gasteiger partial charge < -0.3 is 25.8 Å². The van der Waals surface area contributed by atoms with Crippen molar-refractivity contribution in [1.29, 1.82) is 0 Å². The lowest BCUT2D eigenvalue weighted by atomic mass is 9.71. The van der Waals surface area contributed by atoms with Gasteiger partial charge in [0, 0.05) is 54.8 Å². The Balaban J connectivity index is 1.18. The number of anilines is 2. The number of carboxylic acids is 1. The number of pyridine rings is 1. The zero-order chi connectivity index (χ0) is 41.0. The number of nitrogens with zero attached hydrogens (tertiary/aromatic N) is 4. The summed E-state index contributed by atoms with van der Waals surface area (Å²) in [6, 6.07) is 17.2. The number of nitrogens with one attached hydrogen (secondary N) is 2. The number of carbonyl (C=O) groups is 2. The van der Waals surface area contributed by atoms with Crippen LogP contribution in [-0.2, 0) is 17.7 Å². The van der Waals surface area contributed by atoms with E-state index in [1.165, 1.54) is 17.5 Å². The van der Waals surface area contributed by atoms with Crippen molar-refractivity contribution < 1.29 is 19.4 Å². The second kappa shape index (κ2) is 17.5. The minimum Gasteiger partial charge on any atom is -0.476 e. The predicted octanol–water partition coefficient (Wildman–Crippen LogP) is 8.59. The molecule has 2 aromatic heterocycles. The number of carbonyl (C=O) groups excluding carboxylic acids is 1. The van der Waals surface area contributed by atoms with Crippen LogP contribution in [0.5, 0.6) is 0 Å². The molecule has 3 unspecified atom stereocenters. The summed E-state index contributed by atoms with van der Waals surface area (Å²) in [7, 11) is 0. The van der Waals surface area contributed by atoms with Crippen LogP contribution < -0.4 is 21.3 Å². The molecule has 2 aromatic carbocycles. The van der Waals surface area contributed by atoms with Crippen LogP contribution in [-0.4, -0.2) is 71.6 Å². The molecule has 0 radical (unpaired) electrons. The molecule has 5 N–H and O–H groups in total. The highest BCUT2D eigenvalue weighted by Gasteiger charge is 2.51. The van der Waals surface area contributed by atoms with E-state index in [0.717, 1.165) is 60.1 Å². The topological polar surface area (TPSA) is 155 Å². The van der Waals surface area contributed by atoms with Crippen LogP contribution >= 0.6 is 11.3 Å². The van der Waals surface area contributed by atoms with E-state index in [2.05, 4.69) is 57.2 Å². The molecule has 304 valence electrons. The highest BCUT2D eigenvalue weighted by molar-refractivity contribution is 7.22. The molecule has 1 aliphatic carbocycles. The second-order valence-electron chi connectivity index (χ2n) is 17.6. The van der Waals surface area contributed by atoms with E-state index in [4.69, 9.17) is 20.4 Å². The maximum Gasteiger partial charge on any atom is 0.355 e. The Kier molecular flexibility index (Phi) is 12.9. The van der Waals surface area contributed by atoms with Crippen molar-refractivity contribution in [2.45, 2.75) is 93.2 Å². The van der Waals surface area contributed by atoms with Crippen molar-refractivity contribution in [2.24, 2.45) is 27.0 Å². The Morgan fingerprint density at radius 2 is 1.88 bits per heavy atom. The van der Waals surface area contributed by atoms with Gasteiger partial charge in [0.25, 0.3) is 5.91 Å². The molecule has 1 saturated carbocycles. The number of aromatic carboxylic acids is 1. The molecule has 0 spiro atoms. The van der Waals surface area contributed by atoms with Crippen molar-refractivity contribution in [3.63, 3.8) is 0 Å². The van der Waals surface area contributed by atoms with Gasteiger partial charge in [0.2, 0.25) is 0 Å². The van der Waals surface area contributed by atoms with Gasteiger partial charge in [-0.15, -0.1) is 0 Å². The Labute approximate surface area is 341 Å². The summed E-state index contributed by atoms with van der Waals surface area (Å²) in [4.78, 5) is 42.8. The molecule has 1 aliphatic heterocycles. The van der Waals surface area contributed by atoms with E-state index in [1.54, 1.807) is 6.07 Å². The smallest absolute Gasteiger partial charge is 0.355 e. The lowest BCUT2D eigenvalue weighted by molar-refractivity contribution is -0.0290. The zero-order valence-corrected chi connectivity index (χ0v) is 35.4. The average molecular weight is 794 g/mol. The summed E-state index contributed by atoms with van der Waals surface area (Å²) >= 11 is 1.43. The first-order chi connectivity index (χ1) is 27.1. The lowest BCUT2D eigenvalue weighted by Gasteiger charge is -2.37. The standard InChI is InChI=1S/C45H59N7O4S/c1-8-19-47-20-22-56-37-23-44(6,27-45(37,7)26-43(3,4)5)28-48-29(2)33(24-46)31-16-17-38(50-39(31)41(54)55)52-21-18-30-12-11-13-32(34(30)25-52)40(53)51-42-49-35-14-9-10-15-36(35)57-42/h9-17,24,37,47H,8,18-23,25-28,46H2,1-7H3,(H,54,55)(H,49,51,53). The van der Waals surface area contributed by atoms with E-state index in [1.807, 2.05) is 60.4 Å². The highest BCUT2D eigenvalue weighted by Crippen LogP contribution is 2.55. The molecule has 1 fully saturated rings. The summed E-state index contributed by atoms with van der Waals surface area (Å²) in [5, 5.41) is 17.4. The molecule has 11 nitrogen and oxygen atoms in total. The van der Waals surface area contributed by atoms with Crippen molar-refractivity contribution in [1.82, 2.24) is 15.3 Å². The summed E-state index contributed by atoms with van der Waals surface area (Å²) in [6.07, 6.45) is 6.24.